The highest BCUT2D eigenvalue weighted by molar-refractivity contribution is 6.00. The SMILES string of the molecule is CCCCCC(C(=O)N(CCO)CCO)C(=O)N(CCO)CCO. The summed E-state index contributed by atoms with van der Waals surface area (Å²) in [4.78, 5) is 28.0. The molecule has 0 aliphatic carbocycles. The highest BCUT2D eigenvalue weighted by Gasteiger charge is 2.32. The molecule has 0 aliphatic rings. The first kappa shape index (κ1) is 22.8. The van der Waals surface area contributed by atoms with E-state index in [0.29, 0.717) is 12.8 Å². The Balaban J connectivity index is 5.22. The van der Waals surface area contributed by atoms with E-state index >= 15 is 0 Å². The van der Waals surface area contributed by atoms with E-state index in [9.17, 15) is 9.59 Å². The van der Waals surface area contributed by atoms with Crippen molar-refractivity contribution in [2.24, 2.45) is 5.92 Å². The average molecular weight is 348 g/mol. The molecule has 4 N–H and O–H groups in total. The lowest BCUT2D eigenvalue weighted by Gasteiger charge is -2.30. The minimum absolute atomic E-state index is 0.0525. The zero-order valence-corrected chi connectivity index (χ0v) is 14.6. The molecule has 2 amide bonds. The van der Waals surface area contributed by atoms with Crippen LogP contribution in [0.4, 0.5) is 0 Å². The molecular weight excluding hydrogens is 316 g/mol. The van der Waals surface area contributed by atoms with Crippen LogP contribution in [-0.2, 0) is 9.59 Å². The Kier molecular flexibility index (Phi) is 13.4. The fourth-order valence-corrected chi connectivity index (χ4v) is 2.54. The van der Waals surface area contributed by atoms with E-state index in [-0.39, 0.29) is 52.6 Å². The standard InChI is InChI=1S/C16H32N2O6/c1-2-3-4-5-14(15(23)17(6-10-19)7-11-20)16(24)18(8-12-21)9-13-22/h14,19-22H,2-13H2,1H3. The summed E-state index contributed by atoms with van der Waals surface area (Å²) in [6, 6.07) is 0. The van der Waals surface area contributed by atoms with E-state index in [1.54, 1.807) is 0 Å². The summed E-state index contributed by atoms with van der Waals surface area (Å²) >= 11 is 0. The van der Waals surface area contributed by atoms with Gasteiger partial charge in [-0.1, -0.05) is 26.2 Å². The first-order valence-corrected chi connectivity index (χ1v) is 8.58. The van der Waals surface area contributed by atoms with Crippen molar-refractivity contribution in [1.82, 2.24) is 9.80 Å². The van der Waals surface area contributed by atoms with Gasteiger partial charge in [0.1, 0.15) is 5.92 Å². The number of unbranched alkanes of at least 4 members (excludes halogenated alkanes) is 2. The highest BCUT2D eigenvalue weighted by Crippen LogP contribution is 2.17. The Morgan fingerprint density at radius 2 is 1.12 bits per heavy atom. The molecule has 0 spiro atoms. The Morgan fingerprint density at radius 1 is 0.750 bits per heavy atom. The zero-order valence-electron chi connectivity index (χ0n) is 14.6. The molecule has 8 nitrogen and oxygen atoms in total. The summed E-state index contributed by atoms with van der Waals surface area (Å²) in [5.41, 5.74) is 0. The Bertz CT molecular complexity index is 313. The molecule has 0 saturated carbocycles. The maximum Gasteiger partial charge on any atom is 0.235 e. The normalized spacial score (nSPS) is 10.9. The molecule has 24 heavy (non-hydrogen) atoms. The number of hydrogen-bond donors (Lipinski definition) is 4. The average Bonchev–Trinajstić information content (AvgIpc) is 2.57. The van der Waals surface area contributed by atoms with Crippen molar-refractivity contribution in [2.75, 3.05) is 52.6 Å². The van der Waals surface area contributed by atoms with Crippen LogP contribution in [0.25, 0.3) is 0 Å². The third kappa shape index (κ3) is 8.05. The molecule has 8 heteroatoms. The molecule has 0 heterocycles. The summed E-state index contributed by atoms with van der Waals surface area (Å²) in [5.74, 6) is -1.78. The second-order valence-electron chi connectivity index (χ2n) is 5.59. The minimum Gasteiger partial charge on any atom is -0.395 e. The van der Waals surface area contributed by atoms with Gasteiger partial charge in [-0.15, -0.1) is 0 Å². The molecule has 0 bridgehead atoms. The van der Waals surface area contributed by atoms with Crippen LogP contribution in [0.3, 0.4) is 0 Å². The molecule has 0 saturated heterocycles. The molecule has 0 fully saturated rings. The Labute approximate surface area is 143 Å². The van der Waals surface area contributed by atoms with Crippen LogP contribution >= 0.6 is 0 Å². The zero-order chi connectivity index (χ0) is 18.4. The molecule has 0 aliphatic heterocycles. The number of carbonyl (C=O) groups is 2. The number of amides is 2. The first-order chi connectivity index (χ1) is 11.6. The summed E-state index contributed by atoms with van der Waals surface area (Å²) in [5, 5.41) is 36.3. The summed E-state index contributed by atoms with van der Waals surface area (Å²) in [6.45, 7) is 1.22. The van der Waals surface area contributed by atoms with Crippen molar-refractivity contribution < 1.29 is 30.0 Å². The fraction of sp³-hybridized carbons (Fsp3) is 0.875. The molecule has 0 rings (SSSR count). The van der Waals surface area contributed by atoms with Gasteiger partial charge < -0.3 is 30.2 Å². The van der Waals surface area contributed by atoms with Crippen LogP contribution in [-0.4, -0.2) is 94.6 Å². The number of nitrogens with zero attached hydrogens (tertiary/aromatic N) is 2. The number of hydrogen-bond acceptors (Lipinski definition) is 6. The highest BCUT2D eigenvalue weighted by atomic mass is 16.3. The molecular formula is C16H32N2O6. The van der Waals surface area contributed by atoms with E-state index in [0.717, 1.165) is 12.8 Å². The third-order valence-electron chi connectivity index (χ3n) is 3.80. The molecule has 0 aromatic heterocycles. The van der Waals surface area contributed by atoms with Crippen LogP contribution < -0.4 is 0 Å². The van der Waals surface area contributed by atoms with Crippen molar-refractivity contribution in [3.8, 4) is 0 Å². The second kappa shape index (κ2) is 14.2. The minimum atomic E-state index is -0.923. The van der Waals surface area contributed by atoms with Gasteiger partial charge in [0.25, 0.3) is 0 Å². The lowest BCUT2D eigenvalue weighted by atomic mass is 9.97. The first-order valence-electron chi connectivity index (χ1n) is 8.58. The summed E-state index contributed by atoms with van der Waals surface area (Å²) in [7, 11) is 0. The van der Waals surface area contributed by atoms with Gasteiger partial charge in [-0.2, -0.15) is 0 Å². The second-order valence-corrected chi connectivity index (χ2v) is 5.59. The van der Waals surface area contributed by atoms with Crippen molar-refractivity contribution in [3.63, 3.8) is 0 Å². The van der Waals surface area contributed by atoms with E-state index in [1.165, 1.54) is 9.80 Å². The Morgan fingerprint density at radius 3 is 1.42 bits per heavy atom. The lowest BCUT2D eigenvalue weighted by Crippen LogP contribution is -2.48. The number of carbonyl (C=O) groups excluding carboxylic acids is 2. The third-order valence-corrected chi connectivity index (χ3v) is 3.80. The number of aliphatic hydroxyl groups is 4. The van der Waals surface area contributed by atoms with E-state index < -0.39 is 17.7 Å². The summed E-state index contributed by atoms with van der Waals surface area (Å²) in [6.07, 6.45) is 2.91. The molecule has 0 aromatic rings. The van der Waals surface area contributed by atoms with Gasteiger partial charge in [0, 0.05) is 26.2 Å². The molecule has 0 unspecified atom stereocenters. The molecule has 142 valence electrons. The molecule has 0 radical (unpaired) electrons. The van der Waals surface area contributed by atoms with Crippen molar-refractivity contribution in [3.05, 3.63) is 0 Å². The van der Waals surface area contributed by atoms with Crippen LogP contribution in [0, 0.1) is 5.92 Å². The number of rotatable bonds is 14. The van der Waals surface area contributed by atoms with Crippen molar-refractivity contribution in [1.29, 1.82) is 0 Å². The van der Waals surface area contributed by atoms with Crippen LogP contribution in [0.1, 0.15) is 32.6 Å². The topological polar surface area (TPSA) is 122 Å². The van der Waals surface area contributed by atoms with Crippen LogP contribution in [0.15, 0.2) is 0 Å². The maximum atomic E-state index is 12.7. The maximum absolute atomic E-state index is 12.7. The van der Waals surface area contributed by atoms with Gasteiger partial charge in [-0.3, -0.25) is 9.59 Å². The predicted octanol–water partition coefficient (Wildman–Crippen LogP) is -1.19. The lowest BCUT2D eigenvalue weighted by molar-refractivity contribution is -0.149. The van der Waals surface area contributed by atoms with E-state index in [1.807, 2.05) is 6.92 Å². The molecule has 0 aromatic carbocycles. The van der Waals surface area contributed by atoms with Crippen molar-refractivity contribution >= 4 is 11.8 Å². The van der Waals surface area contributed by atoms with Gasteiger partial charge in [0.05, 0.1) is 26.4 Å². The van der Waals surface area contributed by atoms with Crippen molar-refractivity contribution in [2.45, 2.75) is 32.6 Å². The van der Waals surface area contributed by atoms with Crippen LogP contribution in [0.5, 0.6) is 0 Å². The summed E-state index contributed by atoms with van der Waals surface area (Å²) < 4.78 is 0. The van der Waals surface area contributed by atoms with Gasteiger partial charge in [-0.05, 0) is 6.42 Å². The monoisotopic (exact) mass is 348 g/mol. The van der Waals surface area contributed by atoms with E-state index in [2.05, 4.69) is 0 Å². The fourth-order valence-electron chi connectivity index (χ4n) is 2.54. The van der Waals surface area contributed by atoms with Gasteiger partial charge in [0.2, 0.25) is 11.8 Å². The van der Waals surface area contributed by atoms with E-state index in [4.69, 9.17) is 20.4 Å². The smallest absolute Gasteiger partial charge is 0.235 e. The van der Waals surface area contributed by atoms with Crippen LogP contribution in [0.2, 0.25) is 0 Å². The number of aliphatic hydroxyl groups excluding tert-OH is 4. The Hall–Kier alpha value is -1.22. The van der Waals surface area contributed by atoms with Gasteiger partial charge >= 0.3 is 0 Å². The van der Waals surface area contributed by atoms with Gasteiger partial charge in [-0.25, -0.2) is 0 Å². The predicted molar refractivity (Wildman–Crippen MR) is 89.1 cm³/mol. The quantitative estimate of drug-likeness (QED) is 0.231. The van der Waals surface area contributed by atoms with Gasteiger partial charge in [0.15, 0.2) is 0 Å². The molecule has 0 atom stereocenters. The largest absolute Gasteiger partial charge is 0.395 e.